The number of rotatable bonds is 2. The fourth-order valence-electron chi connectivity index (χ4n) is 2.29. The predicted molar refractivity (Wildman–Crippen MR) is 84.5 cm³/mol. The second-order valence-electron chi connectivity index (χ2n) is 5.27. The lowest BCUT2D eigenvalue weighted by Crippen LogP contribution is -2.20. The van der Waals surface area contributed by atoms with E-state index >= 15 is 0 Å². The molecule has 0 heterocycles. The van der Waals surface area contributed by atoms with Crippen LogP contribution in [0.2, 0.25) is 0 Å². The highest BCUT2D eigenvalue weighted by molar-refractivity contribution is 6.00. The van der Waals surface area contributed by atoms with E-state index in [-0.39, 0.29) is 6.03 Å². The molecule has 0 bridgehead atoms. The molecule has 0 saturated heterocycles. The second-order valence-corrected chi connectivity index (χ2v) is 5.27. The Morgan fingerprint density at radius 2 is 1.45 bits per heavy atom. The maximum Gasteiger partial charge on any atom is 0.323 e. The summed E-state index contributed by atoms with van der Waals surface area (Å²) < 4.78 is 0. The van der Waals surface area contributed by atoms with Gasteiger partial charge in [-0.25, -0.2) is 4.79 Å². The van der Waals surface area contributed by atoms with Gasteiger partial charge in [0.15, 0.2) is 0 Å². The van der Waals surface area contributed by atoms with Gasteiger partial charge in [-0.15, -0.1) is 0 Å². The van der Waals surface area contributed by atoms with Crippen molar-refractivity contribution in [1.29, 1.82) is 0 Å². The Bertz CT molecular complexity index is 627. The SMILES string of the molecule is Cc1cc(C)cc(NC(=O)Nc2ccc(C)cc2C)c1. The van der Waals surface area contributed by atoms with Crippen LogP contribution < -0.4 is 10.6 Å². The lowest BCUT2D eigenvalue weighted by atomic mass is 10.1. The standard InChI is InChI=1S/C17H20N2O/c1-11-5-6-16(14(4)8-11)19-17(20)18-15-9-12(2)7-13(3)10-15/h5-10H,1-4H3,(H2,18,19,20). The molecular formula is C17H20N2O. The molecule has 2 amide bonds. The van der Waals surface area contributed by atoms with Gasteiger partial charge < -0.3 is 10.6 Å². The quantitative estimate of drug-likeness (QED) is 0.823. The number of carbonyl (C=O) groups excluding carboxylic acids is 1. The van der Waals surface area contributed by atoms with Crippen molar-refractivity contribution in [2.24, 2.45) is 0 Å². The first-order chi connectivity index (χ1) is 9.44. The van der Waals surface area contributed by atoms with Crippen LogP contribution in [-0.2, 0) is 0 Å². The van der Waals surface area contributed by atoms with Crippen molar-refractivity contribution >= 4 is 17.4 Å². The van der Waals surface area contributed by atoms with Crippen molar-refractivity contribution in [3.8, 4) is 0 Å². The van der Waals surface area contributed by atoms with Gasteiger partial charge in [0.05, 0.1) is 0 Å². The molecule has 0 aliphatic carbocycles. The molecule has 0 radical (unpaired) electrons. The molecule has 20 heavy (non-hydrogen) atoms. The van der Waals surface area contributed by atoms with Gasteiger partial charge >= 0.3 is 6.03 Å². The normalized spacial score (nSPS) is 10.2. The molecule has 0 aliphatic heterocycles. The van der Waals surface area contributed by atoms with Crippen LogP contribution in [0.3, 0.4) is 0 Å². The Morgan fingerprint density at radius 3 is 2.05 bits per heavy atom. The predicted octanol–water partition coefficient (Wildman–Crippen LogP) is 4.56. The molecule has 104 valence electrons. The minimum Gasteiger partial charge on any atom is -0.308 e. The summed E-state index contributed by atoms with van der Waals surface area (Å²) in [5.74, 6) is 0. The van der Waals surface area contributed by atoms with Crippen molar-refractivity contribution in [1.82, 2.24) is 0 Å². The third kappa shape index (κ3) is 3.60. The van der Waals surface area contributed by atoms with E-state index in [1.165, 1.54) is 5.56 Å². The molecule has 0 aliphatic rings. The smallest absolute Gasteiger partial charge is 0.308 e. The number of urea groups is 1. The maximum absolute atomic E-state index is 12.0. The van der Waals surface area contributed by atoms with Crippen LogP contribution in [0.15, 0.2) is 36.4 Å². The highest BCUT2D eigenvalue weighted by Gasteiger charge is 2.05. The summed E-state index contributed by atoms with van der Waals surface area (Å²) in [5, 5.41) is 5.74. The van der Waals surface area contributed by atoms with Gasteiger partial charge in [-0.3, -0.25) is 0 Å². The summed E-state index contributed by atoms with van der Waals surface area (Å²) in [4.78, 5) is 12.0. The molecule has 0 fully saturated rings. The zero-order chi connectivity index (χ0) is 14.7. The Hall–Kier alpha value is -2.29. The number of hydrogen-bond acceptors (Lipinski definition) is 1. The zero-order valence-corrected chi connectivity index (χ0v) is 12.4. The van der Waals surface area contributed by atoms with E-state index < -0.39 is 0 Å². The van der Waals surface area contributed by atoms with Gasteiger partial charge in [0.2, 0.25) is 0 Å². The molecule has 0 unspecified atom stereocenters. The zero-order valence-electron chi connectivity index (χ0n) is 12.4. The molecule has 0 saturated carbocycles. The summed E-state index contributed by atoms with van der Waals surface area (Å²) >= 11 is 0. The summed E-state index contributed by atoms with van der Waals surface area (Å²) in [7, 11) is 0. The summed E-state index contributed by atoms with van der Waals surface area (Å²) in [6, 6.07) is 11.7. The van der Waals surface area contributed by atoms with E-state index in [1.807, 2.05) is 58.0 Å². The average Bonchev–Trinajstić information content (AvgIpc) is 2.31. The van der Waals surface area contributed by atoms with Gasteiger partial charge in [0.25, 0.3) is 0 Å². The summed E-state index contributed by atoms with van der Waals surface area (Å²) in [6.45, 7) is 8.05. The molecule has 2 aromatic rings. The topological polar surface area (TPSA) is 41.1 Å². The van der Waals surface area contributed by atoms with E-state index in [2.05, 4.69) is 16.7 Å². The highest BCUT2D eigenvalue weighted by Crippen LogP contribution is 2.17. The highest BCUT2D eigenvalue weighted by atomic mass is 16.2. The molecule has 2 aromatic carbocycles. The van der Waals surface area contributed by atoms with Gasteiger partial charge in [0.1, 0.15) is 0 Å². The molecule has 3 nitrogen and oxygen atoms in total. The van der Waals surface area contributed by atoms with Crippen LogP contribution in [-0.4, -0.2) is 6.03 Å². The number of benzene rings is 2. The monoisotopic (exact) mass is 268 g/mol. The molecule has 0 aromatic heterocycles. The number of aryl methyl sites for hydroxylation is 4. The molecule has 0 spiro atoms. The number of nitrogens with one attached hydrogen (secondary N) is 2. The number of carbonyl (C=O) groups is 1. The van der Waals surface area contributed by atoms with Crippen molar-refractivity contribution in [2.45, 2.75) is 27.7 Å². The van der Waals surface area contributed by atoms with Crippen molar-refractivity contribution < 1.29 is 4.79 Å². The van der Waals surface area contributed by atoms with Gasteiger partial charge in [-0.2, -0.15) is 0 Å². The van der Waals surface area contributed by atoms with Gasteiger partial charge in [0, 0.05) is 11.4 Å². The number of anilines is 2. The van der Waals surface area contributed by atoms with Crippen LogP contribution in [0, 0.1) is 27.7 Å². The van der Waals surface area contributed by atoms with Crippen LogP contribution in [0.4, 0.5) is 16.2 Å². The summed E-state index contributed by atoms with van der Waals surface area (Å²) in [5.41, 5.74) is 6.14. The van der Waals surface area contributed by atoms with E-state index in [4.69, 9.17) is 0 Å². The van der Waals surface area contributed by atoms with Crippen molar-refractivity contribution in [3.63, 3.8) is 0 Å². The number of hydrogen-bond donors (Lipinski definition) is 2. The Labute approximate surface area is 120 Å². The van der Waals surface area contributed by atoms with E-state index in [9.17, 15) is 4.79 Å². The van der Waals surface area contributed by atoms with Crippen molar-refractivity contribution in [3.05, 3.63) is 58.7 Å². The first-order valence-electron chi connectivity index (χ1n) is 6.67. The lowest BCUT2D eigenvalue weighted by Gasteiger charge is -2.11. The second kappa shape index (κ2) is 5.78. The number of amides is 2. The molecule has 2 N–H and O–H groups in total. The molecule has 0 atom stereocenters. The Balaban J connectivity index is 2.09. The minimum atomic E-state index is -0.220. The van der Waals surface area contributed by atoms with Gasteiger partial charge in [-0.1, -0.05) is 23.8 Å². The summed E-state index contributed by atoms with van der Waals surface area (Å²) in [6.07, 6.45) is 0. The molecule has 3 heteroatoms. The molecular weight excluding hydrogens is 248 g/mol. The van der Waals surface area contributed by atoms with Crippen LogP contribution >= 0.6 is 0 Å². The Morgan fingerprint density at radius 1 is 0.800 bits per heavy atom. The maximum atomic E-state index is 12.0. The first-order valence-corrected chi connectivity index (χ1v) is 6.67. The Kier molecular flexibility index (Phi) is 4.08. The van der Waals surface area contributed by atoms with Crippen LogP contribution in [0.5, 0.6) is 0 Å². The first kappa shape index (κ1) is 14.1. The third-order valence-corrected chi connectivity index (χ3v) is 3.11. The average molecular weight is 268 g/mol. The largest absolute Gasteiger partial charge is 0.323 e. The van der Waals surface area contributed by atoms with Crippen molar-refractivity contribution in [2.75, 3.05) is 10.6 Å². The minimum absolute atomic E-state index is 0.220. The van der Waals surface area contributed by atoms with Crippen LogP contribution in [0.25, 0.3) is 0 Å². The molecule has 2 rings (SSSR count). The van der Waals surface area contributed by atoms with E-state index in [0.29, 0.717) is 0 Å². The fourth-order valence-corrected chi connectivity index (χ4v) is 2.29. The van der Waals surface area contributed by atoms with E-state index in [1.54, 1.807) is 0 Å². The third-order valence-electron chi connectivity index (χ3n) is 3.11. The van der Waals surface area contributed by atoms with E-state index in [0.717, 1.165) is 28.1 Å². The van der Waals surface area contributed by atoms with Gasteiger partial charge in [-0.05, 0) is 62.6 Å². The fraction of sp³-hybridized carbons (Fsp3) is 0.235. The van der Waals surface area contributed by atoms with Crippen LogP contribution in [0.1, 0.15) is 22.3 Å². The lowest BCUT2D eigenvalue weighted by molar-refractivity contribution is 0.262.